The van der Waals surface area contributed by atoms with Gasteiger partial charge in [-0.05, 0) is 57.0 Å². The molecule has 0 spiro atoms. The van der Waals surface area contributed by atoms with Gasteiger partial charge >= 0.3 is 0 Å². The highest BCUT2D eigenvalue weighted by molar-refractivity contribution is 6.31. The summed E-state index contributed by atoms with van der Waals surface area (Å²) in [6.07, 6.45) is 4.99. The molecule has 2 heterocycles. The number of nitrogens with one attached hydrogen (secondary N) is 1. The Hall–Kier alpha value is -1.06. The number of aromatic nitrogens is 2. The number of benzene rings is 1. The number of hydrogen-bond donors (Lipinski definition) is 1. The minimum atomic E-state index is 0.605. The molecule has 2 fully saturated rings. The summed E-state index contributed by atoms with van der Waals surface area (Å²) in [5.74, 6) is 1.90. The van der Waals surface area contributed by atoms with Crippen molar-refractivity contribution < 1.29 is 0 Å². The van der Waals surface area contributed by atoms with E-state index in [9.17, 15) is 0 Å². The molecule has 1 aliphatic heterocycles. The van der Waals surface area contributed by atoms with Crippen LogP contribution in [0.3, 0.4) is 0 Å². The zero-order chi connectivity index (χ0) is 12.8. The van der Waals surface area contributed by atoms with Crippen LogP contribution in [-0.2, 0) is 0 Å². The maximum absolute atomic E-state index is 6.10. The highest BCUT2D eigenvalue weighted by Crippen LogP contribution is 2.41. The molecule has 4 heteroatoms. The Labute approximate surface area is 118 Å². The van der Waals surface area contributed by atoms with Gasteiger partial charge in [-0.3, -0.25) is 0 Å². The SMILES string of the molecule is Clc1ccc2c(c1)nc(C1CCNCC1)n2C1CC1. The number of hydrogen-bond acceptors (Lipinski definition) is 2. The van der Waals surface area contributed by atoms with Crippen molar-refractivity contribution in [3.8, 4) is 0 Å². The summed E-state index contributed by atoms with van der Waals surface area (Å²) in [5, 5.41) is 4.22. The number of nitrogens with zero attached hydrogens (tertiary/aromatic N) is 2. The molecule has 3 nitrogen and oxygen atoms in total. The van der Waals surface area contributed by atoms with Crippen LogP contribution in [-0.4, -0.2) is 22.6 Å². The van der Waals surface area contributed by atoms with E-state index in [1.165, 1.54) is 37.0 Å². The second kappa shape index (κ2) is 4.50. The molecule has 0 bridgehead atoms. The van der Waals surface area contributed by atoms with Gasteiger partial charge in [-0.1, -0.05) is 11.6 Å². The first-order valence-electron chi connectivity index (χ1n) is 7.21. The van der Waals surface area contributed by atoms with Crippen molar-refractivity contribution in [1.82, 2.24) is 14.9 Å². The lowest BCUT2D eigenvalue weighted by Crippen LogP contribution is -2.28. The average molecular weight is 276 g/mol. The Morgan fingerprint density at radius 3 is 2.68 bits per heavy atom. The third-order valence-electron chi connectivity index (χ3n) is 4.30. The van der Waals surface area contributed by atoms with Gasteiger partial charge in [-0.15, -0.1) is 0 Å². The van der Waals surface area contributed by atoms with Crippen molar-refractivity contribution in [3.63, 3.8) is 0 Å². The minimum Gasteiger partial charge on any atom is -0.325 e. The number of halogens is 1. The van der Waals surface area contributed by atoms with E-state index in [1.54, 1.807) is 0 Å². The Kier molecular flexibility index (Phi) is 2.78. The Balaban J connectivity index is 1.85. The van der Waals surface area contributed by atoms with Crippen LogP contribution in [0.25, 0.3) is 11.0 Å². The van der Waals surface area contributed by atoms with E-state index in [1.807, 2.05) is 12.1 Å². The lowest BCUT2D eigenvalue weighted by atomic mass is 9.97. The summed E-state index contributed by atoms with van der Waals surface area (Å²) in [6, 6.07) is 6.79. The van der Waals surface area contributed by atoms with Crippen molar-refractivity contribution in [2.24, 2.45) is 0 Å². The predicted octanol–water partition coefficient (Wildman–Crippen LogP) is 3.49. The summed E-state index contributed by atoms with van der Waals surface area (Å²) < 4.78 is 2.49. The first kappa shape index (κ1) is 11.7. The molecule has 4 rings (SSSR count). The number of imidazole rings is 1. The summed E-state index contributed by atoms with van der Waals surface area (Å²) >= 11 is 6.10. The summed E-state index contributed by atoms with van der Waals surface area (Å²) in [5.41, 5.74) is 2.33. The molecule has 19 heavy (non-hydrogen) atoms. The van der Waals surface area contributed by atoms with Gasteiger partial charge < -0.3 is 9.88 Å². The van der Waals surface area contributed by atoms with E-state index in [-0.39, 0.29) is 0 Å². The average Bonchev–Trinajstić information content (AvgIpc) is 3.20. The zero-order valence-electron chi connectivity index (χ0n) is 10.9. The van der Waals surface area contributed by atoms with Crippen LogP contribution in [0.1, 0.15) is 43.5 Å². The van der Waals surface area contributed by atoms with Crippen LogP contribution in [0.4, 0.5) is 0 Å². The van der Waals surface area contributed by atoms with Crippen molar-refractivity contribution in [3.05, 3.63) is 29.0 Å². The smallest absolute Gasteiger partial charge is 0.113 e. The van der Waals surface area contributed by atoms with Gasteiger partial charge in [0.1, 0.15) is 5.82 Å². The van der Waals surface area contributed by atoms with Crippen LogP contribution in [0.15, 0.2) is 18.2 Å². The molecule has 0 amide bonds. The lowest BCUT2D eigenvalue weighted by Gasteiger charge is -2.23. The second-order valence-electron chi connectivity index (χ2n) is 5.73. The van der Waals surface area contributed by atoms with Gasteiger partial charge in [-0.25, -0.2) is 4.98 Å². The Morgan fingerprint density at radius 1 is 1.16 bits per heavy atom. The van der Waals surface area contributed by atoms with Crippen LogP contribution < -0.4 is 5.32 Å². The van der Waals surface area contributed by atoms with Gasteiger partial charge in [0.2, 0.25) is 0 Å². The van der Waals surface area contributed by atoms with Crippen LogP contribution >= 0.6 is 11.6 Å². The third-order valence-corrected chi connectivity index (χ3v) is 4.53. The highest BCUT2D eigenvalue weighted by atomic mass is 35.5. The fraction of sp³-hybridized carbons (Fsp3) is 0.533. The zero-order valence-corrected chi connectivity index (χ0v) is 11.7. The molecule has 1 aliphatic carbocycles. The largest absolute Gasteiger partial charge is 0.325 e. The van der Waals surface area contributed by atoms with Crippen molar-refractivity contribution in [1.29, 1.82) is 0 Å². The number of piperidine rings is 1. The van der Waals surface area contributed by atoms with E-state index in [4.69, 9.17) is 16.6 Å². The van der Waals surface area contributed by atoms with E-state index in [0.717, 1.165) is 23.6 Å². The van der Waals surface area contributed by atoms with Gasteiger partial charge in [0, 0.05) is 17.0 Å². The van der Waals surface area contributed by atoms with Gasteiger partial charge in [0.05, 0.1) is 11.0 Å². The summed E-state index contributed by atoms with van der Waals surface area (Å²) in [7, 11) is 0. The van der Waals surface area contributed by atoms with Crippen molar-refractivity contribution >= 4 is 22.6 Å². The van der Waals surface area contributed by atoms with Crippen molar-refractivity contribution in [2.45, 2.75) is 37.6 Å². The third kappa shape index (κ3) is 2.05. The van der Waals surface area contributed by atoms with Gasteiger partial charge in [0.25, 0.3) is 0 Å². The quantitative estimate of drug-likeness (QED) is 0.909. The topological polar surface area (TPSA) is 29.9 Å². The number of fused-ring (bicyclic) bond motifs is 1. The molecule has 2 aliphatic rings. The Bertz CT molecular complexity index is 609. The first-order valence-corrected chi connectivity index (χ1v) is 7.59. The predicted molar refractivity (Wildman–Crippen MR) is 77.9 cm³/mol. The van der Waals surface area contributed by atoms with Gasteiger partial charge in [-0.2, -0.15) is 0 Å². The highest BCUT2D eigenvalue weighted by Gasteiger charge is 2.31. The molecule has 100 valence electrons. The maximum atomic E-state index is 6.10. The normalized spacial score (nSPS) is 21.1. The monoisotopic (exact) mass is 275 g/mol. The molecular weight excluding hydrogens is 258 g/mol. The molecule has 1 saturated carbocycles. The summed E-state index contributed by atoms with van der Waals surface area (Å²) in [4.78, 5) is 4.91. The first-order chi connectivity index (χ1) is 9.33. The second-order valence-corrected chi connectivity index (χ2v) is 6.16. The fourth-order valence-electron chi connectivity index (χ4n) is 3.18. The van der Waals surface area contributed by atoms with Crippen LogP contribution in [0.5, 0.6) is 0 Å². The van der Waals surface area contributed by atoms with E-state index < -0.39 is 0 Å². The minimum absolute atomic E-state index is 0.605. The molecule has 0 atom stereocenters. The molecule has 0 unspecified atom stereocenters. The standard InChI is InChI=1S/C15H18ClN3/c16-11-1-4-14-13(9-11)18-15(19(14)12-2-3-12)10-5-7-17-8-6-10/h1,4,9-10,12,17H,2-3,5-8H2. The Morgan fingerprint density at radius 2 is 1.95 bits per heavy atom. The molecule has 0 radical (unpaired) electrons. The molecular formula is C15H18ClN3. The summed E-state index contributed by atoms with van der Waals surface area (Å²) in [6.45, 7) is 2.22. The molecule has 1 aromatic carbocycles. The number of rotatable bonds is 2. The van der Waals surface area contributed by atoms with E-state index >= 15 is 0 Å². The van der Waals surface area contributed by atoms with E-state index in [2.05, 4.69) is 16.0 Å². The maximum Gasteiger partial charge on any atom is 0.113 e. The molecule has 2 aromatic rings. The molecule has 1 N–H and O–H groups in total. The van der Waals surface area contributed by atoms with Gasteiger partial charge in [0.15, 0.2) is 0 Å². The van der Waals surface area contributed by atoms with Crippen molar-refractivity contribution in [2.75, 3.05) is 13.1 Å². The van der Waals surface area contributed by atoms with E-state index in [0.29, 0.717) is 12.0 Å². The van der Waals surface area contributed by atoms with Crippen LogP contribution in [0.2, 0.25) is 5.02 Å². The molecule has 1 aromatic heterocycles. The lowest BCUT2D eigenvalue weighted by molar-refractivity contribution is 0.433. The molecule has 1 saturated heterocycles. The van der Waals surface area contributed by atoms with Crippen LogP contribution in [0, 0.1) is 0 Å². The fourth-order valence-corrected chi connectivity index (χ4v) is 3.34.